The summed E-state index contributed by atoms with van der Waals surface area (Å²) in [6.07, 6.45) is 1.76. The maximum Gasteiger partial charge on any atom is 0.283 e. The van der Waals surface area contributed by atoms with Crippen molar-refractivity contribution in [3.05, 3.63) is 93.8 Å². The van der Waals surface area contributed by atoms with Crippen molar-refractivity contribution in [2.24, 2.45) is 10.1 Å². The van der Waals surface area contributed by atoms with Gasteiger partial charge < -0.3 is 4.57 Å². The largest absolute Gasteiger partial charge is 0.318 e. The lowest BCUT2D eigenvalue weighted by Gasteiger charge is -2.20. The van der Waals surface area contributed by atoms with Gasteiger partial charge in [0.05, 0.1) is 5.57 Å². The standard InChI is InChI=1S/C28H27N5OS/c1-16(2)20-9-11-23(12-10-20)32-18(4)14-22(19(32)5)15-24-25(29)33-28(30-26(24)34)35-27(31-33)21-8-6-7-17(3)13-21/h6-16,29H,1-5H3/b24-15-,29-25?. The molecule has 5 rings (SSSR count). The van der Waals surface area contributed by atoms with Gasteiger partial charge in [-0.25, -0.2) is 0 Å². The number of thioether (sulfide) groups is 1. The molecule has 0 unspecified atom stereocenters. The molecule has 0 bridgehead atoms. The smallest absolute Gasteiger partial charge is 0.283 e. The van der Waals surface area contributed by atoms with Crippen molar-refractivity contribution in [3.63, 3.8) is 0 Å². The molecule has 7 heteroatoms. The lowest BCUT2D eigenvalue weighted by Crippen LogP contribution is -2.35. The lowest BCUT2D eigenvalue weighted by molar-refractivity contribution is -0.114. The number of nitrogens with one attached hydrogen (secondary N) is 1. The van der Waals surface area contributed by atoms with Gasteiger partial charge in [0, 0.05) is 22.6 Å². The third-order valence-corrected chi connectivity index (χ3v) is 7.27. The van der Waals surface area contributed by atoms with Crippen LogP contribution in [0, 0.1) is 26.2 Å². The summed E-state index contributed by atoms with van der Waals surface area (Å²) < 4.78 is 2.17. The maximum absolute atomic E-state index is 12.9. The number of nitrogens with zero attached hydrogens (tertiary/aromatic N) is 4. The number of aliphatic imine (C=N–C) groups is 1. The zero-order valence-electron chi connectivity index (χ0n) is 20.5. The third kappa shape index (κ3) is 4.17. The van der Waals surface area contributed by atoms with Gasteiger partial charge in [-0.15, -0.1) is 0 Å². The predicted molar refractivity (Wildman–Crippen MR) is 145 cm³/mol. The zero-order chi connectivity index (χ0) is 24.9. The van der Waals surface area contributed by atoms with E-state index in [1.54, 1.807) is 6.08 Å². The number of amidine groups is 2. The van der Waals surface area contributed by atoms with Crippen LogP contribution in [0.3, 0.4) is 0 Å². The first-order valence-electron chi connectivity index (χ1n) is 11.6. The molecule has 6 nitrogen and oxygen atoms in total. The van der Waals surface area contributed by atoms with Crippen molar-refractivity contribution in [1.29, 1.82) is 5.41 Å². The fraction of sp³-hybridized carbons (Fsp3) is 0.214. The monoisotopic (exact) mass is 481 g/mol. The molecule has 35 heavy (non-hydrogen) atoms. The average Bonchev–Trinajstić information content (AvgIpc) is 3.37. The highest BCUT2D eigenvalue weighted by Crippen LogP contribution is 2.32. The van der Waals surface area contributed by atoms with E-state index < -0.39 is 5.91 Å². The predicted octanol–water partition coefficient (Wildman–Crippen LogP) is 6.19. The number of carbonyl (C=O) groups is 1. The quantitative estimate of drug-likeness (QED) is 0.451. The zero-order valence-corrected chi connectivity index (χ0v) is 21.3. The van der Waals surface area contributed by atoms with E-state index in [9.17, 15) is 4.79 Å². The van der Waals surface area contributed by atoms with Gasteiger partial charge in [-0.3, -0.25) is 10.2 Å². The molecular formula is C28H27N5OS. The summed E-state index contributed by atoms with van der Waals surface area (Å²) in [6, 6.07) is 18.6. The molecule has 3 aromatic rings. The minimum absolute atomic E-state index is 0.0428. The van der Waals surface area contributed by atoms with Gasteiger partial charge >= 0.3 is 0 Å². The van der Waals surface area contributed by atoms with E-state index in [4.69, 9.17) is 5.41 Å². The summed E-state index contributed by atoms with van der Waals surface area (Å²) in [4.78, 5) is 17.2. The molecule has 0 radical (unpaired) electrons. The molecule has 1 N–H and O–H groups in total. The molecule has 1 aromatic heterocycles. The first kappa shape index (κ1) is 23.1. The van der Waals surface area contributed by atoms with Crippen LogP contribution in [0.1, 0.15) is 53.4 Å². The second-order valence-electron chi connectivity index (χ2n) is 9.20. The van der Waals surface area contributed by atoms with Gasteiger partial charge in [-0.1, -0.05) is 49.7 Å². The molecular weight excluding hydrogens is 454 g/mol. The van der Waals surface area contributed by atoms with Crippen molar-refractivity contribution in [2.45, 2.75) is 40.5 Å². The van der Waals surface area contributed by atoms with Crippen LogP contribution < -0.4 is 0 Å². The van der Waals surface area contributed by atoms with Crippen LogP contribution in [-0.4, -0.2) is 31.5 Å². The van der Waals surface area contributed by atoms with Crippen LogP contribution in [-0.2, 0) is 4.79 Å². The van der Waals surface area contributed by atoms with E-state index in [1.807, 2.05) is 51.1 Å². The Morgan fingerprint density at radius 1 is 1.03 bits per heavy atom. The molecule has 3 heterocycles. The van der Waals surface area contributed by atoms with Gasteiger partial charge in [0.1, 0.15) is 5.04 Å². The van der Waals surface area contributed by atoms with Gasteiger partial charge in [-0.05, 0) is 79.9 Å². The summed E-state index contributed by atoms with van der Waals surface area (Å²) in [5, 5.41) is 15.9. The van der Waals surface area contributed by atoms with Crippen LogP contribution in [0.5, 0.6) is 0 Å². The Labute approximate surface area is 209 Å². The van der Waals surface area contributed by atoms with E-state index in [0.717, 1.165) is 38.8 Å². The minimum atomic E-state index is -0.416. The molecule has 0 fully saturated rings. The van der Waals surface area contributed by atoms with Gasteiger partial charge in [0.25, 0.3) is 5.91 Å². The number of amides is 1. The van der Waals surface area contributed by atoms with Crippen molar-refractivity contribution in [2.75, 3.05) is 0 Å². The summed E-state index contributed by atoms with van der Waals surface area (Å²) in [7, 11) is 0. The Kier molecular flexibility index (Phi) is 5.81. The first-order chi connectivity index (χ1) is 16.7. The van der Waals surface area contributed by atoms with Crippen molar-refractivity contribution in [3.8, 4) is 5.69 Å². The number of rotatable bonds is 4. The highest BCUT2D eigenvalue weighted by atomic mass is 32.2. The molecule has 176 valence electrons. The maximum atomic E-state index is 12.9. The number of carbonyl (C=O) groups excluding carboxylic acids is 1. The van der Waals surface area contributed by atoms with E-state index in [2.05, 4.69) is 52.8 Å². The van der Waals surface area contributed by atoms with Crippen LogP contribution >= 0.6 is 11.8 Å². The summed E-state index contributed by atoms with van der Waals surface area (Å²) in [5.41, 5.74) is 7.62. The third-order valence-electron chi connectivity index (χ3n) is 6.31. The van der Waals surface area contributed by atoms with E-state index in [-0.39, 0.29) is 11.4 Å². The second kappa shape index (κ2) is 8.82. The number of hydrazone groups is 1. The van der Waals surface area contributed by atoms with E-state index in [1.165, 1.54) is 22.3 Å². The fourth-order valence-electron chi connectivity index (χ4n) is 4.38. The Morgan fingerprint density at radius 3 is 2.46 bits per heavy atom. The second-order valence-corrected chi connectivity index (χ2v) is 10.2. The Balaban J connectivity index is 1.48. The molecule has 0 spiro atoms. The number of aromatic nitrogens is 1. The summed E-state index contributed by atoms with van der Waals surface area (Å²) in [6.45, 7) is 10.5. The van der Waals surface area contributed by atoms with E-state index in [0.29, 0.717) is 11.1 Å². The number of fused-ring (bicyclic) bond motifs is 1. The molecule has 2 aromatic carbocycles. The van der Waals surface area contributed by atoms with Gasteiger partial charge in [0.15, 0.2) is 5.84 Å². The summed E-state index contributed by atoms with van der Waals surface area (Å²) >= 11 is 1.32. The Hall–Kier alpha value is -3.71. The van der Waals surface area contributed by atoms with Crippen LogP contribution in [0.4, 0.5) is 0 Å². The number of benzene rings is 2. The van der Waals surface area contributed by atoms with Crippen molar-refractivity contribution in [1.82, 2.24) is 9.58 Å². The van der Waals surface area contributed by atoms with Crippen LogP contribution in [0.25, 0.3) is 11.8 Å². The SMILES string of the molecule is Cc1cccc(C2=NN3C(=N)/C(=C/c4cc(C)n(-c5ccc(C(C)C)cc5)c4C)C(=O)N=C3S2)c1. The molecule has 1 amide bonds. The molecule has 2 aliphatic heterocycles. The fourth-order valence-corrected chi connectivity index (χ4v) is 5.27. The highest BCUT2D eigenvalue weighted by molar-refractivity contribution is 8.27. The molecule has 0 saturated heterocycles. The Morgan fingerprint density at radius 2 is 1.77 bits per heavy atom. The number of aryl methyl sites for hydroxylation is 2. The topological polar surface area (TPSA) is 73.8 Å². The molecule has 0 saturated carbocycles. The van der Waals surface area contributed by atoms with Crippen molar-refractivity contribution >= 4 is 39.8 Å². The minimum Gasteiger partial charge on any atom is -0.318 e. The molecule has 2 aliphatic rings. The number of hydrogen-bond acceptors (Lipinski definition) is 4. The van der Waals surface area contributed by atoms with Gasteiger partial charge in [-0.2, -0.15) is 15.1 Å². The van der Waals surface area contributed by atoms with Crippen LogP contribution in [0.15, 0.2) is 70.3 Å². The summed E-state index contributed by atoms with van der Waals surface area (Å²) in [5.74, 6) is 0.101. The average molecular weight is 482 g/mol. The first-order valence-corrected chi connectivity index (χ1v) is 12.4. The molecule has 0 aliphatic carbocycles. The van der Waals surface area contributed by atoms with Gasteiger partial charge in [0.2, 0.25) is 5.17 Å². The normalized spacial score (nSPS) is 16.7. The number of hydrogen-bond donors (Lipinski definition) is 1. The Bertz CT molecular complexity index is 1460. The van der Waals surface area contributed by atoms with E-state index >= 15 is 0 Å². The van der Waals surface area contributed by atoms with Crippen LogP contribution in [0.2, 0.25) is 0 Å². The highest BCUT2D eigenvalue weighted by Gasteiger charge is 2.36. The lowest BCUT2D eigenvalue weighted by atomic mass is 10.0. The molecule has 0 atom stereocenters. The van der Waals surface area contributed by atoms with Crippen molar-refractivity contribution < 1.29 is 4.79 Å².